The normalized spacial score (nSPS) is 13.8. The molecule has 1 amide bonds. The molecule has 1 aliphatic rings. The Labute approximate surface area is 152 Å². The third-order valence-electron chi connectivity index (χ3n) is 4.06. The molecule has 0 spiro atoms. The molecule has 6 heteroatoms. The second kappa shape index (κ2) is 7.24. The molecule has 1 aliphatic heterocycles. The van der Waals surface area contributed by atoms with Crippen molar-refractivity contribution in [2.75, 3.05) is 17.2 Å². The highest BCUT2D eigenvalue weighted by atomic mass is 35.5. The molecule has 0 unspecified atom stereocenters. The van der Waals surface area contributed by atoms with Gasteiger partial charge in [-0.3, -0.25) is 9.59 Å². The van der Waals surface area contributed by atoms with Crippen LogP contribution in [0, 0.1) is 6.92 Å². The van der Waals surface area contributed by atoms with Gasteiger partial charge in [-0.1, -0.05) is 11.6 Å². The zero-order chi connectivity index (χ0) is 16.6. The summed E-state index contributed by atoms with van der Waals surface area (Å²) in [4.78, 5) is 26.9. The summed E-state index contributed by atoms with van der Waals surface area (Å²) in [7, 11) is 0. The number of nitrogens with two attached hydrogens (primary N) is 1. The number of fused-ring (bicyclic) bond motifs is 1. The van der Waals surface area contributed by atoms with E-state index in [2.05, 4.69) is 0 Å². The first-order chi connectivity index (χ1) is 11.0. The van der Waals surface area contributed by atoms with E-state index in [4.69, 9.17) is 17.3 Å². The minimum atomic E-state index is -0.124. The number of hydrogen-bond donors (Lipinski definition) is 1. The SMILES string of the molecule is Cc1cc(N)ccc1C(=O)N1CCCC(=O)c2cc(Cl)ccc21.Cl. The van der Waals surface area contributed by atoms with Crippen LogP contribution < -0.4 is 10.6 Å². The maximum Gasteiger partial charge on any atom is 0.258 e. The van der Waals surface area contributed by atoms with Gasteiger partial charge in [0.05, 0.1) is 5.69 Å². The van der Waals surface area contributed by atoms with Crippen LogP contribution in [-0.4, -0.2) is 18.2 Å². The maximum absolute atomic E-state index is 13.0. The van der Waals surface area contributed by atoms with Crippen LogP contribution in [0.5, 0.6) is 0 Å². The number of benzene rings is 2. The van der Waals surface area contributed by atoms with Gasteiger partial charge in [-0.05, 0) is 55.3 Å². The van der Waals surface area contributed by atoms with Crippen molar-refractivity contribution < 1.29 is 9.59 Å². The third-order valence-corrected chi connectivity index (χ3v) is 4.30. The predicted octanol–water partition coefficient (Wildman–Crippen LogP) is 4.28. The first-order valence-electron chi connectivity index (χ1n) is 7.48. The van der Waals surface area contributed by atoms with Gasteiger partial charge in [-0.25, -0.2) is 0 Å². The van der Waals surface area contributed by atoms with E-state index in [0.717, 1.165) is 5.56 Å². The van der Waals surface area contributed by atoms with Gasteiger partial charge in [-0.15, -0.1) is 12.4 Å². The van der Waals surface area contributed by atoms with Gasteiger partial charge in [0.2, 0.25) is 0 Å². The van der Waals surface area contributed by atoms with Gasteiger partial charge >= 0.3 is 0 Å². The number of nitrogens with zero attached hydrogens (tertiary/aromatic N) is 1. The fourth-order valence-corrected chi connectivity index (χ4v) is 3.08. The lowest BCUT2D eigenvalue weighted by Gasteiger charge is -2.23. The fraction of sp³-hybridized carbons (Fsp3) is 0.222. The first kappa shape index (κ1) is 18.3. The topological polar surface area (TPSA) is 63.4 Å². The van der Waals surface area contributed by atoms with Gasteiger partial charge < -0.3 is 10.6 Å². The number of carbonyl (C=O) groups is 2. The molecular formula is C18H18Cl2N2O2. The Balaban J connectivity index is 0.00000208. The van der Waals surface area contributed by atoms with Crippen LogP contribution in [0.1, 0.15) is 39.1 Å². The van der Waals surface area contributed by atoms with Crippen LogP contribution in [0.4, 0.5) is 11.4 Å². The van der Waals surface area contributed by atoms with E-state index in [0.29, 0.717) is 46.9 Å². The van der Waals surface area contributed by atoms with Gasteiger partial charge in [0.1, 0.15) is 0 Å². The highest BCUT2D eigenvalue weighted by molar-refractivity contribution is 6.31. The molecule has 0 saturated carbocycles. The summed E-state index contributed by atoms with van der Waals surface area (Å²) in [5.74, 6) is -0.104. The average molecular weight is 365 g/mol. The molecule has 24 heavy (non-hydrogen) atoms. The molecule has 2 N–H and O–H groups in total. The van der Waals surface area contributed by atoms with E-state index in [1.54, 1.807) is 41.3 Å². The fourth-order valence-electron chi connectivity index (χ4n) is 2.90. The standard InChI is InChI=1S/C18H17ClN2O2.ClH/c1-11-9-13(20)5-6-14(11)18(23)21-8-2-3-17(22)15-10-12(19)4-7-16(15)21;/h4-7,9-10H,2-3,8,20H2,1H3;1H. The molecule has 2 aromatic carbocycles. The Bertz CT molecular complexity index is 806. The van der Waals surface area contributed by atoms with E-state index in [1.165, 1.54) is 0 Å². The minimum Gasteiger partial charge on any atom is -0.399 e. The summed E-state index contributed by atoms with van der Waals surface area (Å²) >= 11 is 6.01. The number of Topliss-reactive ketones (excluding diaryl/α,β-unsaturated/α-hetero) is 1. The monoisotopic (exact) mass is 364 g/mol. The van der Waals surface area contributed by atoms with Crippen LogP contribution in [-0.2, 0) is 0 Å². The van der Waals surface area contributed by atoms with Crippen molar-refractivity contribution >= 4 is 47.1 Å². The number of nitrogen functional groups attached to an aromatic ring is 1. The van der Waals surface area contributed by atoms with Crippen LogP contribution in [0.2, 0.25) is 5.02 Å². The molecule has 0 bridgehead atoms. The lowest BCUT2D eigenvalue weighted by atomic mass is 10.0. The Hall–Kier alpha value is -2.04. The van der Waals surface area contributed by atoms with Crippen molar-refractivity contribution in [3.05, 3.63) is 58.1 Å². The summed E-state index contributed by atoms with van der Waals surface area (Å²) in [6.07, 6.45) is 1.04. The zero-order valence-electron chi connectivity index (χ0n) is 13.2. The van der Waals surface area contributed by atoms with Gasteiger partial charge in [0.15, 0.2) is 5.78 Å². The molecule has 2 aromatic rings. The summed E-state index contributed by atoms with van der Waals surface area (Å²) in [5.41, 5.74) is 8.93. The molecule has 3 rings (SSSR count). The number of aryl methyl sites for hydroxylation is 1. The van der Waals surface area contributed by atoms with Crippen LogP contribution in [0.25, 0.3) is 0 Å². The highest BCUT2D eigenvalue weighted by Gasteiger charge is 2.26. The number of hydrogen-bond acceptors (Lipinski definition) is 3. The number of anilines is 2. The molecular weight excluding hydrogens is 347 g/mol. The number of amides is 1. The molecule has 0 radical (unpaired) electrons. The van der Waals surface area contributed by atoms with Crippen molar-refractivity contribution in [1.29, 1.82) is 0 Å². The van der Waals surface area contributed by atoms with E-state index in [-0.39, 0.29) is 24.1 Å². The molecule has 0 fully saturated rings. The van der Waals surface area contributed by atoms with Crippen LogP contribution in [0.15, 0.2) is 36.4 Å². The second-order valence-corrected chi connectivity index (χ2v) is 6.16. The smallest absolute Gasteiger partial charge is 0.258 e. The maximum atomic E-state index is 13.0. The van der Waals surface area contributed by atoms with Crippen molar-refractivity contribution in [2.45, 2.75) is 19.8 Å². The third kappa shape index (κ3) is 3.40. The molecule has 0 aliphatic carbocycles. The lowest BCUT2D eigenvalue weighted by molar-refractivity contribution is 0.0973. The lowest BCUT2D eigenvalue weighted by Crippen LogP contribution is -2.32. The average Bonchev–Trinajstić information content (AvgIpc) is 2.66. The van der Waals surface area contributed by atoms with Gasteiger partial charge in [-0.2, -0.15) is 0 Å². The molecule has 1 heterocycles. The minimum absolute atomic E-state index is 0. The predicted molar refractivity (Wildman–Crippen MR) is 99.5 cm³/mol. The van der Waals surface area contributed by atoms with Crippen molar-refractivity contribution in [2.24, 2.45) is 0 Å². The van der Waals surface area contributed by atoms with Crippen molar-refractivity contribution in [3.8, 4) is 0 Å². The number of halogens is 2. The number of carbonyl (C=O) groups excluding carboxylic acids is 2. The Morgan fingerprint density at radius 1 is 1.21 bits per heavy atom. The Morgan fingerprint density at radius 2 is 1.96 bits per heavy atom. The molecule has 0 aromatic heterocycles. The summed E-state index contributed by atoms with van der Waals surface area (Å²) in [6, 6.07) is 10.3. The molecule has 0 saturated heterocycles. The molecule has 0 atom stereocenters. The Morgan fingerprint density at radius 3 is 2.67 bits per heavy atom. The van der Waals surface area contributed by atoms with Crippen molar-refractivity contribution in [3.63, 3.8) is 0 Å². The molecule has 126 valence electrons. The van der Waals surface area contributed by atoms with E-state index in [9.17, 15) is 9.59 Å². The van der Waals surface area contributed by atoms with Crippen LogP contribution in [0.3, 0.4) is 0 Å². The molecule has 4 nitrogen and oxygen atoms in total. The van der Waals surface area contributed by atoms with E-state index in [1.807, 2.05) is 6.92 Å². The summed E-state index contributed by atoms with van der Waals surface area (Å²) < 4.78 is 0. The Kier molecular flexibility index (Phi) is 5.52. The number of rotatable bonds is 1. The summed E-state index contributed by atoms with van der Waals surface area (Å²) in [6.45, 7) is 2.36. The summed E-state index contributed by atoms with van der Waals surface area (Å²) in [5, 5.41) is 0.495. The van der Waals surface area contributed by atoms with Crippen LogP contribution >= 0.6 is 24.0 Å². The zero-order valence-corrected chi connectivity index (χ0v) is 14.8. The first-order valence-corrected chi connectivity index (χ1v) is 7.86. The van der Waals surface area contributed by atoms with E-state index < -0.39 is 0 Å². The quantitative estimate of drug-likeness (QED) is 0.768. The second-order valence-electron chi connectivity index (χ2n) is 5.72. The van der Waals surface area contributed by atoms with Gasteiger partial charge in [0.25, 0.3) is 5.91 Å². The largest absolute Gasteiger partial charge is 0.399 e. The van der Waals surface area contributed by atoms with Crippen molar-refractivity contribution in [1.82, 2.24) is 0 Å². The highest BCUT2D eigenvalue weighted by Crippen LogP contribution is 2.30. The van der Waals surface area contributed by atoms with E-state index >= 15 is 0 Å². The van der Waals surface area contributed by atoms with Gasteiger partial charge in [0, 0.05) is 34.8 Å². The number of ketones is 1.